The van der Waals surface area contributed by atoms with Crippen molar-refractivity contribution in [3.8, 4) is 16.9 Å². The lowest BCUT2D eigenvalue weighted by Crippen LogP contribution is -2.44. The summed E-state index contributed by atoms with van der Waals surface area (Å²) in [6.07, 6.45) is 5.61. The molecule has 8 heteroatoms. The summed E-state index contributed by atoms with van der Waals surface area (Å²) in [5.74, 6) is 0.184. The van der Waals surface area contributed by atoms with Crippen LogP contribution in [0.1, 0.15) is 29.6 Å². The van der Waals surface area contributed by atoms with E-state index in [2.05, 4.69) is 5.32 Å². The van der Waals surface area contributed by atoms with Crippen LogP contribution in [0.5, 0.6) is 5.75 Å². The smallest absolute Gasteiger partial charge is 0.285 e. The summed E-state index contributed by atoms with van der Waals surface area (Å²) in [6, 6.07) is 9.11. The van der Waals surface area contributed by atoms with Crippen molar-refractivity contribution in [3.63, 3.8) is 0 Å². The molecule has 3 N–H and O–H groups in total. The minimum Gasteiger partial charge on any atom is -0.497 e. The first-order chi connectivity index (χ1) is 14.5. The van der Waals surface area contributed by atoms with Gasteiger partial charge in [-0.15, -0.1) is 0 Å². The molecule has 1 aromatic carbocycles. The second-order valence-corrected chi connectivity index (χ2v) is 7.27. The molecule has 1 aromatic heterocycles. The molecule has 0 aliphatic carbocycles. The molecule has 0 unspecified atom stereocenters. The zero-order valence-corrected chi connectivity index (χ0v) is 17.1. The van der Waals surface area contributed by atoms with Crippen molar-refractivity contribution in [2.45, 2.75) is 25.8 Å². The zero-order valence-electron chi connectivity index (χ0n) is 17.1. The average molecular weight is 411 g/mol. The van der Waals surface area contributed by atoms with Gasteiger partial charge in [-0.1, -0.05) is 12.1 Å². The van der Waals surface area contributed by atoms with Crippen LogP contribution < -0.4 is 20.4 Å². The predicted octanol–water partition coefficient (Wildman–Crippen LogP) is 0.877. The van der Waals surface area contributed by atoms with Crippen molar-refractivity contribution in [1.29, 1.82) is 0 Å². The number of nitrogens with zero attached hydrogens (tertiary/aromatic N) is 2. The third-order valence-electron chi connectivity index (χ3n) is 5.05. The Balaban J connectivity index is 1.62. The van der Waals surface area contributed by atoms with Gasteiger partial charge in [-0.25, -0.2) is 0 Å². The maximum absolute atomic E-state index is 12.3. The molecule has 2 heterocycles. The summed E-state index contributed by atoms with van der Waals surface area (Å²) in [5, 5.41) is 2.86. The fourth-order valence-corrected chi connectivity index (χ4v) is 3.46. The van der Waals surface area contributed by atoms with Crippen LogP contribution in [0, 0.1) is 0 Å². The number of hydrogen-bond acceptors (Lipinski definition) is 4. The Bertz CT molecular complexity index is 927. The maximum atomic E-state index is 12.3. The number of nitrogens with two attached hydrogens (primary N) is 1. The number of benzene rings is 1. The molecule has 0 radical (unpaired) electrons. The number of nitrogens with one attached hydrogen (secondary N) is 1. The molecule has 0 spiro atoms. The number of likely N-dealkylation sites (tertiary alicyclic amines) is 1. The summed E-state index contributed by atoms with van der Waals surface area (Å²) in [6.45, 7) is 2.01. The minimum absolute atomic E-state index is 0.0624. The molecule has 8 nitrogen and oxygen atoms in total. The standard InChI is InChI=1S/C22H26N4O4/c1-30-19-7-5-16(6-8-19)17-12-18(22(23)29)14-25(13-17)15-20(27)24-9-3-11-26-10-2-4-21(26)28/h5-8,12-14H,2-4,9-11,15H2,1H3,(H2-,23,24,27,29)/p+1. The minimum atomic E-state index is -0.560. The third kappa shape index (κ3) is 5.56. The molecule has 3 rings (SSSR count). The van der Waals surface area contributed by atoms with Crippen LogP contribution in [0.15, 0.2) is 42.7 Å². The Morgan fingerprint density at radius 2 is 1.97 bits per heavy atom. The van der Waals surface area contributed by atoms with Crippen LogP contribution in [0.3, 0.4) is 0 Å². The van der Waals surface area contributed by atoms with E-state index >= 15 is 0 Å². The number of ether oxygens (including phenoxy) is 1. The van der Waals surface area contributed by atoms with Gasteiger partial charge in [-0.3, -0.25) is 14.4 Å². The highest BCUT2D eigenvalue weighted by Gasteiger charge is 2.19. The number of hydrogen-bond donors (Lipinski definition) is 2. The molecular weight excluding hydrogens is 384 g/mol. The Hall–Kier alpha value is -3.42. The van der Waals surface area contributed by atoms with Crippen molar-refractivity contribution in [3.05, 3.63) is 48.3 Å². The summed E-state index contributed by atoms with van der Waals surface area (Å²) < 4.78 is 6.83. The number of rotatable bonds is 9. The highest BCUT2D eigenvalue weighted by molar-refractivity contribution is 5.93. The van der Waals surface area contributed by atoms with E-state index < -0.39 is 5.91 Å². The lowest BCUT2D eigenvalue weighted by atomic mass is 10.1. The molecule has 1 fully saturated rings. The fourth-order valence-electron chi connectivity index (χ4n) is 3.46. The van der Waals surface area contributed by atoms with Gasteiger partial charge in [0.05, 0.1) is 7.11 Å². The average Bonchev–Trinajstić information content (AvgIpc) is 3.15. The highest BCUT2D eigenvalue weighted by Crippen LogP contribution is 2.22. The quantitative estimate of drug-likeness (QED) is 0.472. The molecule has 3 amide bonds. The lowest BCUT2D eigenvalue weighted by Gasteiger charge is -2.15. The Kier molecular flexibility index (Phi) is 7.00. The summed E-state index contributed by atoms with van der Waals surface area (Å²) in [5.41, 5.74) is 7.44. The van der Waals surface area contributed by atoms with Crippen molar-refractivity contribution >= 4 is 17.7 Å². The van der Waals surface area contributed by atoms with E-state index in [9.17, 15) is 14.4 Å². The van der Waals surface area contributed by atoms with Crippen molar-refractivity contribution in [2.75, 3.05) is 26.7 Å². The second-order valence-electron chi connectivity index (χ2n) is 7.27. The number of methoxy groups -OCH3 is 1. The van der Waals surface area contributed by atoms with Crippen LogP contribution in [0.2, 0.25) is 0 Å². The van der Waals surface area contributed by atoms with E-state index in [-0.39, 0.29) is 18.4 Å². The molecule has 0 atom stereocenters. The molecule has 158 valence electrons. The molecule has 1 saturated heterocycles. The number of aromatic nitrogens is 1. The van der Waals surface area contributed by atoms with Gasteiger partial charge in [0.1, 0.15) is 11.3 Å². The van der Waals surface area contributed by atoms with Crippen LogP contribution in [-0.4, -0.2) is 49.4 Å². The summed E-state index contributed by atoms with van der Waals surface area (Å²) in [4.78, 5) is 37.5. The van der Waals surface area contributed by atoms with E-state index in [1.54, 1.807) is 30.1 Å². The SMILES string of the molecule is COc1ccc(-c2cc(C(N)=O)c[n+](CC(=O)NCCCN3CCCC3=O)c2)cc1. The molecule has 1 aliphatic heterocycles. The van der Waals surface area contributed by atoms with Gasteiger partial charge in [0.2, 0.25) is 12.5 Å². The third-order valence-corrected chi connectivity index (χ3v) is 5.05. The van der Waals surface area contributed by atoms with Gasteiger partial charge in [0, 0.05) is 31.6 Å². The largest absolute Gasteiger partial charge is 0.497 e. The van der Waals surface area contributed by atoms with Crippen LogP contribution in [-0.2, 0) is 16.1 Å². The van der Waals surface area contributed by atoms with Crippen LogP contribution in [0.25, 0.3) is 11.1 Å². The van der Waals surface area contributed by atoms with Crippen LogP contribution >= 0.6 is 0 Å². The van der Waals surface area contributed by atoms with Gasteiger partial charge < -0.3 is 20.7 Å². The molecule has 1 aliphatic rings. The molecule has 0 bridgehead atoms. The summed E-state index contributed by atoms with van der Waals surface area (Å²) in [7, 11) is 1.60. The molecule has 30 heavy (non-hydrogen) atoms. The second kappa shape index (κ2) is 9.87. The number of carbonyl (C=O) groups is 3. The van der Waals surface area contributed by atoms with E-state index in [0.29, 0.717) is 31.5 Å². The van der Waals surface area contributed by atoms with E-state index in [1.165, 1.54) is 0 Å². The van der Waals surface area contributed by atoms with E-state index in [0.717, 1.165) is 29.8 Å². The topological polar surface area (TPSA) is 106 Å². The first-order valence-electron chi connectivity index (χ1n) is 9.99. The van der Waals surface area contributed by atoms with Gasteiger partial charge in [-0.05, 0) is 36.6 Å². The predicted molar refractivity (Wildman–Crippen MR) is 111 cm³/mol. The van der Waals surface area contributed by atoms with Gasteiger partial charge >= 0.3 is 0 Å². The number of primary amides is 1. The van der Waals surface area contributed by atoms with Crippen molar-refractivity contribution < 1.29 is 23.7 Å². The monoisotopic (exact) mass is 411 g/mol. The van der Waals surface area contributed by atoms with Gasteiger partial charge in [0.25, 0.3) is 11.8 Å². The fraction of sp³-hybridized carbons (Fsp3) is 0.364. The number of carbonyl (C=O) groups excluding carboxylic acids is 3. The highest BCUT2D eigenvalue weighted by atomic mass is 16.5. The normalized spacial score (nSPS) is 13.4. The molecule has 2 aromatic rings. The Labute approximate surface area is 175 Å². The van der Waals surface area contributed by atoms with E-state index in [1.807, 2.05) is 29.2 Å². The van der Waals surface area contributed by atoms with E-state index in [4.69, 9.17) is 10.5 Å². The van der Waals surface area contributed by atoms with Crippen molar-refractivity contribution in [1.82, 2.24) is 10.2 Å². The molecule has 0 saturated carbocycles. The Morgan fingerprint density at radius 1 is 1.20 bits per heavy atom. The van der Waals surface area contributed by atoms with Gasteiger partial charge in [0.15, 0.2) is 12.4 Å². The first kappa shape index (κ1) is 21.3. The van der Waals surface area contributed by atoms with Crippen LogP contribution in [0.4, 0.5) is 0 Å². The number of pyridine rings is 1. The lowest BCUT2D eigenvalue weighted by molar-refractivity contribution is -0.684. The Morgan fingerprint density at radius 3 is 2.60 bits per heavy atom. The summed E-state index contributed by atoms with van der Waals surface area (Å²) >= 11 is 0. The first-order valence-corrected chi connectivity index (χ1v) is 9.99. The zero-order chi connectivity index (χ0) is 21.5. The van der Waals surface area contributed by atoms with Gasteiger partial charge in [-0.2, -0.15) is 4.57 Å². The maximum Gasteiger partial charge on any atom is 0.285 e. The molecular formula is C22H27N4O4+. The van der Waals surface area contributed by atoms with Crippen molar-refractivity contribution in [2.24, 2.45) is 5.73 Å². The number of amides is 3.